The van der Waals surface area contributed by atoms with Crippen LogP contribution in [0.3, 0.4) is 0 Å². The molecule has 0 fully saturated rings. The molecule has 0 aliphatic heterocycles. The van der Waals surface area contributed by atoms with E-state index in [9.17, 15) is 4.79 Å². The van der Waals surface area contributed by atoms with Gasteiger partial charge in [-0.05, 0) is 17.7 Å². The van der Waals surface area contributed by atoms with E-state index in [1.54, 1.807) is 22.7 Å². The summed E-state index contributed by atoms with van der Waals surface area (Å²) in [6, 6.07) is 2.26. The highest BCUT2D eigenvalue weighted by Crippen LogP contribution is 2.20. The van der Waals surface area contributed by atoms with Crippen LogP contribution in [-0.2, 0) is 4.79 Å². The fourth-order valence-electron chi connectivity index (χ4n) is 1.41. The molecule has 0 aromatic carbocycles. The topological polar surface area (TPSA) is 80.6 Å². The first-order valence-electron chi connectivity index (χ1n) is 4.21. The van der Waals surface area contributed by atoms with Gasteiger partial charge >= 0.3 is 5.97 Å². The van der Waals surface area contributed by atoms with E-state index in [0.717, 1.165) is 0 Å². The average Bonchev–Trinajstić information content (AvgIpc) is 2.59. The van der Waals surface area contributed by atoms with Gasteiger partial charge in [-0.2, -0.15) is 0 Å². The molecule has 15 heavy (non-hydrogen) atoms. The predicted octanol–water partition coefficient (Wildman–Crippen LogP) is 1.07. The lowest BCUT2D eigenvalue weighted by atomic mass is 10.1. The monoisotopic (exact) mass is 225 g/mol. The molecule has 0 spiro atoms. The summed E-state index contributed by atoms with van der Waals surface area (Å²) in [5.74, 6) is -1.08. The second-order valence-electron chi connectivity index (χ2n) is 3.06. The van der Waals surface area contributed by atoms with Gasteiger partial charge in [0.25, 0.3) is 0 Å². The summed E-state index contributed by atoms with van der Waals surface area (Å²) in [5, 5.41) is 9.10. The number of carbonyl (C=O) groups is 1. The molecular weight excluding hydrogens is 218 g/mol. The lowest BCUT2D eigenvalue weighted by Crippen LogP contribution is -2.21. The molecule has 0 aliphatic carbocycles. The SMILES string of the molecule is NC(C(=O)O)c1cccn2c(Cl)ncc12. The summed E-state index contributed by atoms with van der Waals surface area (Å²) >= 11 is 5.79. The molecule has 6 heteroatoms. The zero-order chi connectivity index (χ0) is 11.0. The Balaban J connectivity index is 2.66. The molecule has 2 aromatic rings. The summed E-state index contributed by atoms with van der Waals surface area (Å²) in [6.45, 7) is 0. The number of rotatable bonds is 2. The third-order valence-corrected chi connectivity index (χ3v) is 2.44. The van der Waals surface area contributed by atoms with Gasteiger partial charge in [-0.1, -0.05) is 6.07 Å². The first-order chi connectivity index (χ1) is 7.11. The van der Waals surface area contributed by atoms with Gasteiger partial charge < -0.3 is 10.8 Å². The molecule has 0 aliphatic rings. The highest BCUT2D eigenvalue weighted by Gasteiger charge is 2.18. The number of hydrogen-bond acceptors (Lipinski definition) is 3. The summed E-state index contributed by atoms with van der Waals surface area (Å²) in [7, 11) is 0. The van der Waals surface area contributed by atoms with Crippen molar-refractivity contribution in [1.82, 2.24) is 9.38 Å². The van der Waals surface area contributed by atoms with Crippen LogP contribution in [0.1, 0.15) is 11.6 Å². The van der Waals surface area contributed by atoms with Crippen molar-refractivity contribution in [2.24, 2.45) is 5.73 Å². The van der Waals surface area contributed by atoms with Crippen LogP contribution in [0, 0.1) is 0 Å². The van der Waals surface area contributed by atoms with Crippen molar-refractivity contribution in [2.45, 2.75) is 6.04 Å². The Morgan fingerprint density at radius 2 is 2.40 bits per heavy atom. The molecule has 0 saturated heterocycles. The van der Waals surface area contributed by atoms with E-state index in [2.05, 4.69) is 4.98 Å². The van der Waals surface area contributed by atoms with Crippen molar-refractivity contribution in [1.29, 1.82) is 0 Å². The Morgan fingerprint density at radius 3 is 3.07 bits per heavy atom. The minimum Gasteiger partial charge on any atom is -0.480 e. The molecule has 0 bridgehead atoms. The maximum absolute atomic E-state index is 10.8. The van der Waals surface area contributed by atoms with E-state index in [1.165, 1.54) is 6.20 Å². The molecule has 2 aromatic heterocycles. The van der Waals surface area contributed by atoms with Crippen LogP contribution in [0.2, 0.25) is 5.28 Å². The maximum Gasteiger partial charge on any atom is 0.325 e. The predicted molar refractivity (Wildman–Crippen MR) is 54.8 cm³/mol. The Labute approximate surface area is 90.1 Å². The van der Waals surface area contributed by atoms with E-state index < -0.39 is 12.0 Å². The van der Waals surface area contributed by atoms with Crippen LogP contribution >= 0.6 is 11.6 Å². The van der Waals surface area contributed by atoms with E-state index in [0.29, 0.717) is 11.1 Å². The Kier molecular flexibility index (Phi) is 2.34. The number of carboxylic acid groups (broad SMARTS) is 1. The van der Waals surface area contributed by atoms with Crippen molar-refractivity contribution in [3.63, 3.8) is 0 Å². The smallest absolute Gasteiger partial charge is 0.325 e. The van der Waals surface area contributed by atoms with Gasteiger partial charge in [-0.25, -0.2) is 4.98 Å². The zero-order valence-corrected chi connectivity index (χ0v) is 8.35. The van der Waals surface area contributed by atoms with Gasteiger partial charge in [0.1, 0.15) is 6.04 Å². The first-order valence-corrected chi connectivity index (χ1v) is 4.59. The van der Waals surface area contributed by atoms with Gasteiger partial charge in [0.15, 0.2) is 0 Å². The van der Waals surface area contributed by atoms with Gasteiger partial charge in [0.05, 0.1) is 11.7 Å². The standard InChI is InChI=1S/C9H8ClN3O2/c10-9-12-4-6-5(7(11)8(14)15)2-1-3-13(6)9/h1-4,7H,11H2,(H,14,15). The van der Waals surface area contributed by atoms with Crippen molar-refractivity contribution in [3.05, 3.63) is 35.4 Å². The lowest BCUT2D eigenvalue weighted by molar-refractivity contribution is -0.138. The number of aromatic nitrogens is 2. The van der Waals surface area contributed by atoms with E-state index in [1.807, 2.05) is 0 Å². The summed E-state index contributed by atoms with van der Waals surface area (Å²) in [4.78, 5) is 14.6. The number of aliphatic carboxylic acids is 1. The van der Waals surface area contributed by atoms with E-state index in [4.69, 9.17) is 22.4 Å². The fraction of sp³-hybridized carbons (Fsp3) is 0.111. The van der Waals surface area contributed by atoms with Crippen LogP contribution in [-0.4, -0.2) is 20.5 Å². The normalized spacial score (nSPS) is 12.9. The molecule has 0 radical (unpaired) electrons. The lowest BCUT2D eigenvalue weighted by Gasteiger charge is -2.08. The van der Waals surface area contributed by atoms with Gasteiger partial charge in [-0.15, -0.1) is 0 Å². The van der Waals surface area contributed by atoms with Gasteiger partial charge in [0.2, 0.25) is 5.28 Å². The number of fused-ring (bicyclic) bond motifs is 1. The summed E-state index contributed by atoms with van der Waals surface area (Å²) < 4.78 is 1.58. The molecule has 2 rings (SSSR count). The molecule has 1 unspecified atom stereocenters. The largest absolute Gasteiger partial charge is 0.480 e. The van der Waals surface area contributed by atoms with Crippen LogP contribution in [0.5, 0.6) is 0 Å². The highest BCUT2D eigenvalue weighted by atomic mass is 35.5. The zero-order valence-electron chi connectivity index (χ0n) is 7.59. The summed E-state index contributed by atoms with van der Waals surface area (Å²) in [6.07, 6.45) is 3.20. The third kappa shape index (κ3) is 1.55. The first kappa shape index (κ1) is 9.95. The highest BCUT2D eigenvalue weighted by molar-refractivity contribution is 6.28. The van der Waals surface area contributed by atoms with Gasteiger partial charge in [0, 0.05) is 11.8 Å². The molecule has 0 amide bonds. The molecule has 1 atom stereocenters. The number of nitrogens with two attached hydrogens (primary N) is 1. The number of pyridine rings is 1. The Morgan fingerprint density at radius 1 is 1.67 bits per heavy atom. The van der Waals surface area contributed by atoms with E-state index in [-0.39, 0.29) is 5.28 Å². The van der Waals surface area contributed by atoms with Crippen molar-refractivity contribution in [2.75, 3.05) is 0 Å². The number of nitrogens with zero attached hydrogens (tertiary/aromatic N) is 2. The molecular formula is C9H8ClN3O2. The number of halogens is 1. The summed E-state index contributed by atoms with van der Waals surface area (Å²) in [5.41, 5.74) is 6.63. The molecule has 3 N–H and O–H groups in total. The molecule has 0 saturated carbocycles. The average molecular weight is 226 g/mol. The van der Waals surface area contributed by atoms with Crippen LogP contribution < -0.4 is 5.73 Å². The quantitative estimate of drug-likeness (QED) is 0.801. The van der Waals surface area contributed by atoms with Crippen molar-refractivity contribution in [3.8, 4) is 0 Å². The van der Waals surface area contributed by atoms with Gasteiger partial charge in [-0.3, -0.25) is 9.20 Å². The second-order valence-corrected chi connectivity index (χ2v) is 3.40. The number of imidazole rings is 1. The van der Waals surface area contributed by atoms with Crippen LogP contribution in [0.15, 0.2) is 24.5 Å². The molecule has 2 heterocycles. The maximum atomic E-state index is 10.8. The minimum absolute atomic E-state index is 0.282. The number of carboxylic acids is 1. The third-order valence-electron chi connectivity index (χ3n) is 2.16. The van der Waals surface area contributed by atoms with Crippen molar-refractivity contribution >= 4 is 23.1 Å². The minimum atomic E-state index is -1.08. The second kappa shape index (κ2) is 3.52. The molecule has 78 valence electrons. The Bertz CT molecular complexity index is 523. The van der Waals surface area contributed by atoms with E-state index >= 15 is 0 Å². The molecule has 5 nitrogen and oxygen atoms in total. The number of hydrogen-bond donors (Lipinski definition) is 2. The Hall–Kier alpha value is -1.59. The fourth-order valence-corrected chi connectivity index (χ4v) is 1.60. The van der Waals surface area contributed by atoms with Crippen LogP contribution in [0.4, 0.5) is 0 Å². The van der Waals surface area contributed by atoms with Crippen LogP contribution in [0.25, 0.3) is 5.52 Å². The van der Waals surface area contributed by atoms with Crippen molar-refractivity contribution < 1.29 is 9.90 Å².